The van der Waals surface area contributed by atoms with Crippen molar-refractivity contribution in [1.82, 2.24) is 19.6 Å². The third-order valence-corrected chi connectivity index (χ3v) is 7.14. The molecule has 2 aliphatic heterocycles. The highest BCUT2D eigenvalue weighted by molar-refractivity contribution is 5.74. The quantitative estimate of drug-likeness (QED) is 0.390. The van der Waals surface area contributed by atoms with E-state index in [9.17, 15) is 22.7 Å². The van der Waals surface area contributed by atoms with Crippen molar-refractivity contribution in [3.63, 3.8) is 0 Å². The molecule has 0 saturated carbocycles. The molecule has 0 radical (unpaired) electrons. The van der Waals surface area contributed by atoms with Gasteiger partial charge in [-0.2, -0.15) is 18.3 Å². The minimum absolute atomic E-state index is 0.0959. The van der Waals surface area contributed by atoms with Crippen molar-refractivity contribution in [3.05, 3.63) is 65.1 Å². The van der Waals surface area contributed by atoms with E-state index in [2.05, 4.69) is 33.8 Å². The van der Waals surface area contributed by atoms with E-state index in [4.69, 9.17) is 4.74 Å². The lowest BCUT2D eigenvalue weighted by Gasteiger charge is -2.46. The third-order valence-electron chi connectivity index (χ3n) is 7.14. The predicted octanol–water partition coefficient (Wildman–Crippen LogP) is 4.52. The Labute approximate surface area is 218 Å². The fourth-order valence-electron chi connectivity index (χ4n) is 5.38. The summed E-state index contributed by atoms with van der Waals surface area (Å²) in [4.78, 5) is 4.57. The fraction of sp³-hybridized carbons (Fsp3) is 0.393. The number of aromatic nitrogens is 2. The highest BCUT2D eigenvalue weighted by Crippen LogP contribution is 2.40. The second-order valence-corrected chi connectivity index (χ2v) is 10.2. The largest absolute Gasteiger partial charge is 0.506 e. The van der Waals surface area contributed by atoms with Gasteiger partial charge in [-0.25, -0.2) is 4.39 Å². The summed E-state index contributed by atoms with van der Waals surface area (Å²) in [7, 11) is 3.49. The molecule has 1 spiro atoms. The number of aromatic hydroxyl groups is 1. The molecule has 1 N–H and O–H groups in total. The summed E-state index contributed by atoms with van der Waals surface area (Å²) in [6.07, 6.45) is -3.50. The van der Waals surface area contributed by atoms with Crippen LogP contribution in [0.2, 0.25) is 0 Å². The average Bonchev–Trinajstić information content (AvgIpc) is 3.44. The van der Waals surface area contributed by atoms with Gasteiger partial charge in [0, 0.05) is 37.7 Å². The molecule has 5 rings (SSSR count). The molecule has 1 aromatic heterocycles. The van der Waals surface area contributed by atoms with Crippen LogP contribution in [0.4, 0.5) is 17.6 Å². The molecule has 3 heterocycles. The molecule has 6 nitrogen and oxygen atoms in total. The monoisotopic (exact) mass is 528 g/mol. The second kappa shape index (κ2) is 9.97. The third kappa shape index (κ3) is 5.35. The first-order chi connectivity index (χ1) is 18.0. The molecule has 2 fully saturated rings. The number of hydrogen-bond acceptors (Lipinski definition) is 5. The Morgan fingerprint density at radius 3 is 2.47 bits per heavy atom. The summed E-state index contributed by atoms with van der Waals surface area (Å²) in [6, 6.07) is 9.76. The Bertz CT molecular complexity index is 1380. The summed E-state index contributed by atoms with van der Waals surface area (Å²) in [6.45, 7) is 4.65. The number of halogens is 4. The number of aryl methyl sites for hydroxylation is 1. The molecular weight excluding hydrogens is 500 g/mol. The van der Waals surface area contributed by atoms with Crippen LogP contribution >= 0.6 is 0 Å². The van der Waals surface area contributed by atoms with Crippen LogP contribution in [0, 0.1) is 23.1 Å². The van der Waals surface area contributed by atoms with Gasteiger partial charge < -0.3 is 14.7 Å². The van der Waals surface area contributed by atoms with Gasteiger partial charge in [-0.05, 0) is 55.9 Å². The normalized spacial score (nSPS) is 17.3. The van der Waals surface area contributed by atoms with Crippen LogP contribution < -0.4 is 4.74 Å². The minimum Gasteiger partial charge on any atom is -0.506 e. The Morgan fingerprint density at radius 2 is 1.82 bits per heavy atom. The number of nitrogens with zero attached hydrogens (tertiary/aromatic N) is 4. The SMILES string of the molecule is CN1CC2(CCN(CC#Cc3c(OCc4ccc(F)cc4)ccc(-c4cc(C(F)(F)F)nn4C)c3O)C2)C1. The second-order valence-electron chi connectivity index (χ2n) is 10.2. The molecule has 0 unspecified atom stereocenters. The molecule has 2 saturated heterocycles. The zero-order valence-corrected chi connectivity index (χ0v) is 21.1. The van der Waals surface area contributed by atoms with Crippen molar-refractivity contribution in [2.75, 3.05) is 39.8 Å². The highest BCUT2D eigenvalue weighted by Gasteiger charge is 2.45. The summed E-state index contributed by atoms with van der Waals surface area (Å²) < 4.78 is 60.0. The smallest absolute Gasteiger partial charge is 0.435 e. The Balaban J connectivity index is 1.43. The standard InChI is InChI=1S/C28H28F4N4O2/c1-34-16-27(17-34)11-13-36(18-27)12-3-4-22-24(38-15-19-5-7-20(29)8-6-19)10-9-21(26(22)37)23-14-25(28(30,31)32)33-35(23)2/h5-10,14,37H,11-13,15-18H2,1-2H3. The maximum atomic E-state index is 13.3. The van der Waals surface area contributed by atoms with Crippen molar-refractivity contribution in [2.45, 2.75) is 19.2 Å². The molecule has 10 heteroatoms. The lowest BCUT2D eigenvalue weighted by atomic mass is 9.79. The van der Waals surface area contributed by atoms with E-state index in [1.165, 1.54) is 25.2 Å². The Hall–Kier alpha value is -3.55. The van der Waals surface area contributed by atoms with E-state index in [1.54, 1.807) is 18.2 Å². The van der Waals surface area contributed by atoms with Crippen LogP contribution in [0.1, 0.15) is 23.2 Å². The molecule has 0 bridgehead atoms. The predicted molar refractivity (Wildman–Crippen MR) is 134 cm³/mol. The molecule has 0 atom stereocenters. The average molecular weight is 529 g/mol. The first kappa shape index (κ1) is 26.1. The topological polar surface area (TPSA) is 53.8 Å². The van der Waals surface area contributed by atoms with E-state index < -0.39 is 11.9 Å². The van der Waals surface area contributed by atoms with Gasteiger partial charge in [0.25, 0.3) is 0 Å². The number of hydrogen-bond donors (Lipinski definition) is 1. The van der Waals surface area contributed by atoms with Gasteiger partial charge in [-0.15, -0.1) is 0 Å². The van der Waals surface area contributed by atoms with E-state index in [0.717, 1.165) is 43.3 Å². The molecule has 200 valence electrons. The first-order valence-corrected chi connectivity index (χ1v) is 12.3. The van der Waals surface area contributed by atoms with Crippen LogP contribution in [0.15, 0.2) is 42.5 Å². The molecular formula is C28H28F4N4O2. The summed E-state index contributed by atoms with van der Waals surface area (Å²) in [5, 5.41) is 14.7. The van der Waals surface area contributed by atoms with Crippen LogP contribution in [0.3, 0.4) is 0 Å². The van der Waals surface area contributed by atoms with E-state index >= 15 is 0 Å². The highest BCUT2D eigenvalue weighted by atomic mass is 19.4. The maximum Gasteiger partial charge on any atom is 0.435 e. The number of ether oxygens (including phenoxy) is 1. The van der Waals surface area contributed by atoms with Gasteiger partial charge in [0.15, 0.2) is 5.69 Å². The number of phenols is 1. The number of rotatable bonds is 5. The van der Waals surface area contributed by atoms with Crippen LogP contribution in [-0.2, 0) is 19.8 Å². The van der Waals surface area contributed by atoms with Gasteiger partial charge >= 0.3 is 6.18 Å². The Kier molecular flexibility index (Phi) is 6.84. The van der Waals surface area contributed by atoms with Crippen molar-refractivity contribution in [1.29, 1.82) is 0 Å². The molecule has 3 aromatic rings. The van der Waals surface area contributed by atoms with Gasteiger partial charge in [0.05, 0.1) is 12.2 Å². The first-order valence-electron chi connectivity index (χ1n) is 12.3. The number of phenolic OH excluding ortho intramolecular Hbond substituents is 1. The number of benzene rings is 2. The molecule has 38 heavy (non-hydrogen) atoms. The maximum absolute atomic E-state index is 13.3. The lowest BCUT2D eigenvalue weighted by molar-refractivity contribution is -0.141. The zero-order valence-electron chi connectivity index (χ0n) is 21.1. The van der Waals surface area contributed by atoms with Crippen LogP contribution in [0.25, 0.3) is 11.3 Å². The van der Waals surface area contributed by atoms with Crippen LogP contribution in [-0.4, -0.2) is 64.5 Å². The zero-order chi connectivity index (χ0) is 27.1. The molecule has 0 aliphatic carbocycles. The Morgan fingerprint density at radius 1 is 1.08 bits per heavy atom. The van der Waals surface area contributed by atoms with E-state index in [-0.39, 0.29) is 40.7 Å². The molecule has 2 aliphatic rings. The number of alkyl halides is 3. The summed E-state index contributed by atoms with van der Waals surface area (Å²) in [5.41, 5.74) is 0.422. The van der Waals surface area contributed by atoms with Crippen molar-refractivity contribution >= 4 is 0 Å². The van der Waals surface area contributed by atoms with Gasteiger partial charge in [-0.1, -0.05) is 24.0 Å². The summed E-state index contributed by atoms with van der Waals surface area (Å²) in [5.74, 6) is 5.75. The minimum atomic E-state index is -4.62. The molecule has 2 aromatic carbocycles. The fourth-order valence-corrected chi connectivity index (χ4v) is 5.38. The van der Waals surface area contributed by atoms with E-state index in [0.29, 0.717) is 17.5 Å². The van der Waals surface area contributed by atoms with Crippen LogP contribution in [0.5, 0.6) is 11.5 Å². The van der Waals surface area contributed by atoms with Gasteiger partial charge in [0.2, 0.25) is 0 Å². The van der Waals surface area contributed by atoms with Gasteiger partial charge in [0.1, 0.15) is 29.5 Å². The molecule has 0 amide bonds. The van der Waals surface area contributed by atoms with Crippen molar-refractivity contribution < 1.29 is 27.4 Å². The van der Waals surface area contributed by atoms with Crippen molar-refractivity contribution in [3.8, 4) is 34.6 Å². The van der Waals surface area contributed by atoms with Crippen molar-refractivity contribution in [2.24, 2.45) is 12.5 Å². The lowest BCUT2D eigenvalue weighted by Crippen LogP contribution is -2.55. The van der Waals surface area contributed by atoms with E-state index in [1.807, 2.05) is 0 Å². The summed E-state index contributed by atoms with van der Waals surface area (Å²) >= 11 is 0. The van der Waals surface area contributed by atoms with Gasteiger partial charge in [-0.3, -0.25) is 9.58 Å². The number of likely N-dealkylation sites (tertiary alicyclic amines) is 2.